The molecule has 0 saturated carbocycles. The van der Waals surface area contributed by atoms with Crippen LogP contribution in [0.3, 0.4) is 0 Å². The zero-order valence-corrected chi connectivity index (χ0v) is 25.1. The fraction of sp³-hybridized carbons (Fsp3) is 0.333. The van der Waals surface area contributed by atoms with Gasteiger partial charge in [0.1, 0.15) is 0 Å². The Kier molecular flexibility index (Phi) is 9.17. The molecule has 2 aromatic carbocycles. The van der Waals surface area contributed by atoms with E-state index >= 15 is 0 Å². The van der Waals surface area contributed by atoms with Crippen molar-refractivity contribution in [1.29, 1.82) is 0 Å². The third-order valence-corrected chi connectivity index (χ3v) is 7.45. The van der Waals surface area contributed by atoms with E-state index in [1.54, 1.807) is 14.1 Å². The number of hydrogen-bond acceptors (Lipinski definition) is 12. The minimum absolute atomic E-state index is 0.0916. The van der Waals surface area contributed by atoms with Gasteiger partial charge in [0, 0.05) is 63.0 Å². The van der Waals surface area contributed by atoms with E-state index < -0.39 is 0 Å². The molecule has 0 spiro atoms. The molecule has 0 aliphatic carbocycles. The van der Waals surface area contributed by atoms with Crippen molar-refractivity contribution in [1.82, 2.24) is 19.1 Å². The van der Waals surface area contributed by atoms with Crippen LogP contribution in [-0.2, 0) is 23.6 Å². The van der Waals surface area contributed by atoms with Crippen molar-refractivity contribution < 1.29 is 18.8 Å². The Morgan fingerprint density at radius 1 is 0.644 bits per heavy atom. The molecule has 4 aromatic rings. The van der Waals surface area contributed by atoms with Crippen molar-refractivity contribution in [3.63, 3.8) is 0 Å². The number of aromatic nitrogens is 4. The van der Waals surface area contributed by atoms with Crippen LogP contribution in [0, 0.1) is 0 Å². The fourth-order valence-electron chi connectivity index (χ4n) is 4.98. The average Bonchev–Trinajstić information content (AvgIpc) is 3.07. The lowest BCUT2D eigenvalue weighted by atomic mass is 10.2. The van der Waals surface area contributed by atoms with Crippen molar-refractivity contribution in [2.75, 3.05) is 73.0 Å². The zero-order valence-electron chi connectivity index (χ0n) is 25.1. The predicted molar refractivity (Wildman–Crippen MR) is 171 cm³/mol. The molecule has 233 valence electrons. The van der Waals surface area contributed by atoms with E-state index in [-0.39, 0.29) is 34.5 Å². The first-order valence-corrected chi connectivity index (χ1v) is 14.6. The Morgan fingerprint density at radius 2 is 1.02 bits per heavy atom. The van der Waals surface area contributed by atoms with Crippen molar-refractivity contribution in [2.45, 2.75) is 0 Å². The van der Waals surface area contributed by atoms with Crippen molar-refractivity contribution in [3.05, 3.63) is 81.6 Å². The Hall–Kier alpha value is -5.02. The van der Waals surface area contributed by atoms with Gasteiger partial charge in [0.15, 0.2) is 0 Å². The number of aryl methyl sites for hydroxylation is 2. The van der Waals surface area contributed by atoms with Gasteiger partial charge in [0.25, 0.3) is 11.1 Å². The summed E-state index contributed by atoms with van der Waals surface area (Å²) in [5, 5.41) is 6.14. The highest BCUT2D eigenvalue weighted by atomic mass is 16.6. The van der Waals surface area contributed by atoms with Crippen LogP contribution in [0.25, 0.3) is 0 Å². The van der Waals surface area contributed by atoms with Crippen LogP contribution >= 0.6 is 0 Å². The number of benzene rings is 2. The summed E-state index contributed by atoms with van der Waals surface area (Å²) in [5.41, 5.74) is 2.93. The Labute approximate surface area is 260 Å². The molecular formula is C30H34BN8O6. The maximum Gasteiger partial charge on any atom is 0.660 e. The molecule has 2 N–H and O–H groups in total. The summed E-state index contributed by atoms with van der Waals surface area (Å²) in [5.74, 6) is 0.420. The normalized spacial score (nSPS) is 15.0. The van der Waals surface area contributed by atoms with Crippen LogP contribution < -0.4 is 40.9 Å². The molecule has 45 heavy (non-hydrogen) atoms. The smallest absolute Gasteiger partial charge is 0.511 e. The topological polar surface area (TPSA) is 137 Å². The number of morpholine rings is 2. The third-order valence-electron chi connectivity index (χ3n) is 7.45. The fourth-order valence-corrected chi connectivity index (χ4v) is 4.98. The Balaban J connectivity index is 1.08. The van der Waals surface area contributed by atoms with Gasteiger partial charge in [0.05, 0.1) is 38.8 Å². The molecule has 0 amide bonds. The summed E-state index contributed by atoms with van der Waals surface area (Å²) >= 11 is 0. The van der Waals surface area contributed by atoms with Crippen LogP contribution in [-0.4, -0.2) is 79.4 Å². The molecule has 2 fully saturated rings. The Morgan fingerprint density at radius 3 is 1.40 bits per heavy atom. The summed E-state index contributed by atoms with van der Waals surface area (Å²) < 4.78 is 24.7. The first-order chi connectivity index (χ1) is 21.9. The number of nitrogens with one attached hydrogen (secondary N) is 2. The summed E-state index contributed by atoms with van der Waals surface area (Å²) in [6.45, 7) is 6.16. The average molecular weight is 613 g/mol. The number of hydrogen-bond donors (Lipinski definition) is 2. The lowest BCUT2D eigenvalue weighted by molar-refractivity contribution is 0.122. The van der Waals surface area contributed by atoms with Gasteiger partial charge in [-0.2, -0.15) is 9.97 Å². The second-order valence-electron chi connectivity index (χ2n) is 10.6. The van der Waals surface area contributed by atoms with Gasteiger partial charge in [-0.1, -0.05) is 0 Å². The molecule has 1 radical (unpaired) electrons. The minimum atomic E-state index is -0.325. The summed E-state index contributed by atoms with van der Waals surface area (Å²) in [6, 6.07) is 15.5. The van der Waals surface area contributed by atoms with E-state index in [4.69, 9.17) is 18.8 Å². The highest BCUT2D eigenvalue weighted by Gasteiger charge is 2.15. The van der Waals surface area contributed by atoms with Crippen LogP contribution in [0.1, 0.15) is 0 Å². The molecule has 0 atom stereocenters. The zero-order chi connectivity index (χ0) is 31.2. The van der Waals surface area contributed by atoms with Gasteiger partial charge in [-0.3, -0.25) is 9.59 Å². The quantitative estimate of drug-likeness (QED) is 0.253. The number of rotatable bonds is 10. The Bertz CT molecular complexity index is 1590. The van der Waals surface area contributed by atoms with E-state index in [1.165, 1.54) is 21.5 Å². The second kappa shape index (κ2) is 13.7. The molecule has 15 heteroatoms. The maximum atomic E-state index is 12.8. The largest absolute Gasteiger partial charge is 0.660 e. The minimum Gasteiger partial charge on any atom is -0.511 e. The lowest BCUT2D eigenvalue weighted by Gasteiger charge is -2.28. The van der Waals surface area contributed by atoms with Gasteiger partial charge in [-0.05, 0) is 48.5 Å². The van der Waals surface area contributed by atoms with Crippen LogP contribution in [0.2, 0.25) is 0 Å². The monoisotopic (exact) mass is 613 g/mol. The molecule has 0 bridgehead atoms. The van der Waals surface area contributed by atoms with E-state index in [2.05, 4.69) is 30.4 Å². The van der Waals surface area contributed by atoms with E-state index in [9.17, 15) is 9.59 Å². The van der Waals surface area contributed by atoms with E-state index in [0.29, 0.717) is 37.8 Å². The SMILES string of the molecule is Cn1cc(O[B]Oc2cn(C)c(=O)c(Nc3ccc(N4CCOCC4)cc3)n2)nc(Nc2ccc(N3CCOCC3)cc2)c1=O. The molecule has 2 saturated heterocycles. The van der Waals surface area contributed by atoms with Crippen molar-refractivity contribution in [2.24, 2.45) is 14.1 Å². The number of nitrogens with zero attached hydrogens (tertiary/aromatic N) is 6. The molecule has 2 aliphatic heterocycles. The van der Waals surface area contributed by atoms with Gasteiger partial charge in [0.2, 0.25) is 23.4 Å². The lowest BCUT2D eigenvalue weighted by Crippen LogP contribution is -2.36. The second-order valence-corrected chi connectivity index (χ2v) is 10.6. The van der Waals surface area contributed by atoms with Gasteiger partial charge in [-0.25, -0.2) is 0 Å². The maximum absolute atomic E-state index is 12.8. The standard InChI is InChI=1S/C30H34BN8O6/c1-36-19-25(34-27(29(36)40)32-21-3-7-23(8-4-21)38-11-15-42-16-12-38)44-31-45-26-20-37(2)30(41)28(35-26)33-22-5-9-24(10-6-22)39-13-17-43-18-14-39/h3-10,19-20H,11-18H2,1-2H3,(H,32,34)(H,33,35). The third kappa shape index (κ3) is 7.38. The number of ether oxygens (including phenoxy) is 2. The predicted octanol–water partition coefficient (Wildman–Crippen LogP) is 2.03. The highest BCUT2D eigenvalue weighted by Crippen LogP contribution is 2.22. The molecule has 14 nitrogen and oxygen atoms in total. The molecule has 2 aliphatic rings. The molecule has 0 unspecified atom stereocenters. The summed E-state index contributed by atoms with van der Waals surface area (Å²) in [4.78, 5) is 38.6. The van der Waals surface area contributed by atoms with E-state index in [1.807, 2.05) is 48.5 Å². The highest BCUT2D eigenvalue weighted by molar-refractivity contribution is 6.20. The molecule has 2 aromatic heterocycles. The van der Waals surface area contributed by atoms with Gasteiger partial charge < -0.3 is 48.4 Å². The van der Waals surface area contributed by atoms with E-state index in [0.717, 1.165) is 45.2 Å². The van der Waals surface area contributed by atoms with Crippen LogP contribution in [0.5, 0.6) is 11.8 Å². The van der Waals surface area contributed by atoms with Gasteiger partial charge in [-0.15, -0.1) is 0 Å². The first kappa shape index (κ1) is 30.0. The summed E-state index contributed by atoms with van der Waals surface area (Å²) in [6.07, 6.45) is 2.88. The number of anilines is 6. The van der Waals surface area contributed by atoms with Crippen molar-refractivity contribution in [3.8, 4) is 11.8 Å². The first-order valence-electron chi connectivity index (χ1n) is 14.6. The molecule has 6 rings (SSSR count). The molecular weight excluding hydrogens is 579 g/mol. The van der Waals surface area contributed by atoms with Gasteiger partial charge >= 0.3 is 7.69 Å². The van der Waals surface area contributed by atoms with Crippen molar-refractivity contribution >= 4 is 42.1 Å². The summed E-state index contributed by atoms with van der Waals surface area (Å²) in [7, 11) is 4.25. The molecule has 4 heterocycles. The van der Waals surface area contributed by atoms with Crippen LogP contribution in [0.15, 0.2) is 70.5 Å². The van der Waals surface area contributed by atoms with Crippen LogP contribution in [0.4, 0.5) is 34.4 Å².